The molecule has 1 aromatic carbocycles. The largest absolute Gasteiger partial charge is 0.333 e. The molecule has 0 bridgehead atoms. The van der Waals surface area contributed by atoms with E-state index in [1.54, 1.807) is 0 Å². The zero-order valence-corrected chi connectivity index (χ0v) is 23.6. The van der Waals surface area contributed by atoms with Crippen LogP contribution in [-0.4, -0.2) is 13.7 Å². The van der Waals surface area contributed by atoms with E-state index in [-0.39, 0.29) is 20.0 Å². The van der Waals surface area contributed by atoms with Gasteiger partial charge < -0.3 is 5.73 Å². The van der Waals surface area contributed by atoms with Gasteiger partial charge in [-0.3, -0.25) is 0 Å². The summed E-state index contributed by atoms with van der Waals surface area (Å²) in [6, 6.07) is 12.0. The van der Waals surface area contributed by atoms with Crippen LogP contribution in [0.2, 0.25) is 0 Å². The van der Waals surface area contributed by atoms with Gasteiger partial charge >= 0.3 is 0 Å². The third kappa shape index (κ3) is 66.4. The van der Waals surface area contributed by atoms with E-state index in [2.05, 4.69) is 42.7 Å². The van der Waals surface area contributed by atoms with Crippen LogP contribution in [-0.2, 0) is 18.6 Å². The fourth-order valence-corrected chi connectivity index (χ4v) is 1.85. The van der Waals surface area contributed by atoms with Crippen LogP contribution in [0.5, 0.6) is 0 Å². The predicted molar refractivity (Wildman–Crippen MR) is 136 cm³/mol. The summed E-state index contributed by atoms with van der Waals surface area (Å²) >= 11 is 0. The van der Waals surface area contributed by atoms with Gasteiger partial charge in [0.1, 0.15) is 0 Å². The average Bonchev–Trinajstić information content (AvgIpc) is 2.77. The topological polar surface area (TPSA) is 26.0 Å². The molecule has 0 saturated heterocycles. The summed E-state index contributed by atoms with van der Waals surface area (Å²) in [6.07, 6.45) is 5.51. The molecule has 0 aliphatic carbocycles. The van der Waals surface area contributed by atoms with Gasteiger partial charge in [0, 0.05) is 20.0 Å². The molecule has 0 saturated carbocycles. The number of rotatable bonds is 5. The van der Waals surface area contributed by atoms with E-state index in [0.717, 1.165) is 11.8 Å². The van der Waals surface area contributed by atoms with E-state index in [1.807, 2.05) is 84.6 Å². The van der Waals surface area contributed by atoms with Crippen LogP contribution in [0.1, 0.15) is 96.3 Å². The number of benzene rings is 1. The van der Waals surface area contributed by atoms with Gasteiger partial charge in [-0.05, 0) is 25.3 Å². The van der Waals surface area contributed by atoms with E-state index in [9.17, 15) is 0 Å². The van der Waals surface area contributed by atoms with Gasteiger partial charge in [-0.2, -0.15) is 0 Å². The molecule has 0 heterocycles. The summed E-state index contributed by atoms with van der Waals surface area (Å²) in [6.45, 7) is 23.2. The Hall–Kier alpha value is 0.194. The first-order valence-corrected chi connectivity index (χ1v) is 12.0. The van der Waals surface area contributed by atoms with Crippen molar-refractivity contribution in [3.63, 3.8) is 0 Å². The smallest absolute Gasteiger partial charge is 0 e. The molecular formula is C24H58NPV. The van der Waals surface area contributed by atoms with Gasteiger partial charge in [0.15, 0.2) is 0 Å². The van der Waals surface area contributed by atoms with Crippen molar-refractivity contribution in [1.82, 2.24) is 0 Å². The fraction of sp³-hybridized carbons (Fsp3) is 0.750. The van der Waals surface area contributed by atoms with Crippen molar-refractivity contribution in [2.24, 2.45) is 17.6 Å². The normalized spacial score (nSPS) is 9.11. The molecule has 1 radical (unpaired) electrons. The molecule has 0 fully saturated rings. The number of nitrogens with two attached hydrogens (primary N) is 1. The SMILES string of the molecule is CC.CC.CC.CCCC(C)CC(C)CC.CN.CP.[HH].[V].c1ccccc1. The Kier molecular flexibility index (Phi) is 107. The minimum atomic E-state index is 0. The molecule has 1 rings (SSSR count). The molecule has 3 atom stereocenters. The molecule has 0 spiro atoms. The van der Waals surface area contributed by atoms with Crippen LogP contribution in [0.3, 0.4) is 0 Å². The molecule has 0 aliphatic rings. The Labute approximate surface area is 191 Å². The second-order valence-corrected chi connectivity index (χ2v) is 4.80. The molecule has 169 valence electrons. The van der Waals surface area contributed by atoms with E-state index in [0.29, 0.717) is 0 Å². The summed E-state index contributed by atoms with van der Waals surface area (Å²) in [5, 5.41) is 0. The van der Waals surface area contributed by atoms with Crippen LogP contribution >= 0.6 is 9.24 Å². The predicted octanol–water partition coefficient (Wildman–Crippen LogP) is 8.93. The van der Waals surface area contributed by atoms with Gasteiger partial charge in [0.2, 0.25) is 0 Å². The maximum absolute atomic E-state index is 4.50. The Balaban J connectivity index is -0.0000000322. The first kappa shape index (κ1) is 45.8. The van der Waals surface area contributed by atoms with Crippen molar-refractivity contribution in [2.75, 3.05) is 13.7 Å². The van der Waals surface area contributed by atoms with Crippen molar-refractivity contribution in [2.45, 2.75) is 94.9 Å². The first-order valence-electron chi connectivity index (χ1n) is 10.9. The van der Waals surface area contributed by atoms with Gasteiger partial charge in [-0.15, -0.1) is 9.24 Å². The van der Waals surface area contributed by atoms with Crippen molar-refractivity contribution in [3.8, 4) is 0 Å². The van der Waals surface area contributed by atoms with Crippen LogP contribution < -0.4 is 5.73 Å². The van der Waals surface area contributed by atoms with Crippen LogP contribution in [0.25, 0.3) is 0 Å². The standard InChI is InChI=1S/C10H22.C6H6.3C2H6.CH5N.CH5P.V.H2/c1-5-7-10(4)8-9(3)6-2;1-2-4-6-5-3-1;5*1-2;;/h9-10H,5-8H2,1-4H3;1-6H;3*1-2H3;2*2H2,1H3;;1H. The molecule has 1 nitrogen and oxygen atoms in total. The third-order valence-corrected chi connectivity index (χ3v) is 2.95. The van der Waals surface area contributed by atoms with Gasteiger partial charge in [-0.1, -0.05) is 132 Å². The summed E-state index contributed by atoms with van der Waals surface area (Å²) < 4.78 is 0. The summed E-state index contributed by atoms with van der Waals surface area (Å²) in [5.74, 6) is 1.88. The Morgan fingerprint density at radius 1 is 0.704 bits per heavy atom. The Morgan fingerprint density at radius 3 is 1.15 bits per heavy atom. The molecule has 3 unspecified atom stereocenters. The van der Waals surface area contributed by atoms with E-state index < -0.39 is 0 Å². The number of hydrogen-bond acceptors (Lipinski definition) is 1. The second-order valence-electron chi connectivity index (χ2n) is 4.80. The molecule has 0 amide bonds. The molecule has 27 heavy (non-hydrogen) atoms. The van der Waals surface area contributed by atoms with Gasteiger partial charge in [0.25, 0.3) is 0 Å². The Morgan fingerprint density at radius 2 is 0.963 bits per heavy atom. The first-order chi connectivity index (χ1) is 12.7. The molecule has 3 heteroatoms. The summed E-state index contributed by atoms with van der Waals surface area (Å²) in [4.78, 5) is 0. The van der Waals surface area contributed by atoms with Crippen LogP contribution in [0, 0.1) is 11.8 Å². The van der Waals surface area contributed by atoms with Gasteiger partial charge in [0.05, 0.1) is 0 Å². The third-order valence-electron chi connectivity index (χ3n) is 2.95. The molecule has 0 aliphatic heterocycles. The summed E-state index contributed by atoms with van der Waals surface area (Å²) in [5.41, 5.74) is 4.50. The Bertz CT molecular complexity index is 213. The minimum Gasteiger partial charge on any atom is -0.333 e. The quantitative estimate of drug-likeness (QED) is 0.452. The van der Waals surface area contributed by atoms with Crippen molar-refractivity contribution >= 4 is 9.24 Å². The van der Waals surface area contributed by atoms with Crippen molar-refractivity contribution in [3.05, 3.63) is 36.4 Å². The van der Waals surface area contributed by atoms with Crippen LogP contribution in [0.4, 0.5) is 0 Å². The zero-order valence-electron chi connectivity index (χ0n) is 21.0. The van der Waals surface area contributed by atoms with Crippen LogP contribution in [0.15, 0.2) is 36.4 Å². The maximum Gasteiger partial charge on any atom is 0 e. The zero-order chi connectivity index (χ0) is 22.2. The molecule has 2 N–H and O–H groups in total. The maximum atomic E-state index is 4.50. The second kappa shape index (κ2) is 63.4. The number of hydrogen-bond donors (Lipinski definition) is 1. The molecule has 0 aromatic heterocycles. The van der Waals surface area contributed by atoms with Gasteiger partial charge in [-0.25, -0.2) is 0 Å². The van der Waals surface area contributed by atoms with E-state index in [1.165, 1.54) is 32.7 Å². The minimum absolute atomic E-state index is 0. The van der Waals surface area contributed by atoms with E-state index >= 15 is 0 Å². The average molecular weight is 443 g/mol. The molecular weight excluding hydrogens is 384 g/mol. The van der Waals surface area contributed by atoms with Crippen molar-refractivity contribution < 1.29 is 20.0 Å². The molecule has 1 aromatic rings. The van der Waals surface area contributed by atoms with E-state index in [4.69, 9.17) is 0 Å². The fourth-order valence-electron chi connectivity index (χ4n) is 1.85. The monoisotopic (exact) mass is 442 g/mol. The van der Waals surface area contributed by atoms with Crippen molar-refractivity contribution in [1.29, 1.82) is 0 Å². The summed E-state index contributed by atoms with van der Waals surface area (Å²) in [7, 11) is 3.92.